The van der Waals surface area contributed by atoms with Crippen molar-refractivity contribution in [2.75, 3.05) is 19.7 Å². The summed E-state index contributed by atoms with van der Waals surface area (Å²) in [5.74, 6) is -1.19. The van der Waals surface area contributed by atoms with Gasteiger partial charge in [-0.2, -0.15) is 0 Å². The Bertz CT molecular complexity index is 697. The zero-order valence-corrected chi connectivity index (χ0v) is 11.4. The first-order valence-electron chi connectivity index (χ1n) is 6.77. The molecule has 108 valence electrons. The summed E-state index contributed by atoms with van der Waals surface area (Å²) >= 11 is 0. The number of nitrogens with zero attached hydrogens (tertiary/aromatic N) is 1. The highest BCUT2D eigenvalue weighted by Gasteiger charge is 2.29. The predicted octanol–water partition coefficient (Wildman–Crippen LogP) is 1.77. The number of benzene rings is 2. The topological polar surface area (TPSA) is 66.8 Å². The van der Waals surface area contributed by atoms with Crippen molar-refractivity contribution in [1.29, 1.82) is 0 Å². The van der Waals surface area contributed by atoms with Crippen molar-refractivity contribution < 1.29 is 19.4 Å². The van der Waals surface area contributed by atoms with Crippen LogP contribution in [0.2, 0.25) is 0 Å². The fraction of sp³-hybridized carbons (Fsp3) is 0.250. The number of morpholine rings is 1. The van der Waals surface area contributed by atoms with Crippen LogP contribution in [0, 0.1) is 0 Å². The van der Waals surface area contributed by atoms with E-state index in [1.165, 1.54) is 4.90 Å². The van der Waals surface area contributed by atoms with E-state index in [0.717, 1.165) is 10.8 Å². The van der Waals surface area contributed by atoms with Gasteiger partial charge in [0.15, 0.2) is 6.10 Å². The molecule has 3 rings (SSSR count). The van der Waals surface area contributed by atoms with Crippen LogP contribution in [0.25, 0.3) is 10.8 Å². The summed E-state index contributed by atoms with van der Waals surface area (Å²) in [6.45, 7) is 0.743. The van der Waals surface area contributed by atoms with Gasteiger partial charge in [-0.05, 0) is 22.9 Å². The van der Waals surface area contributed by atoms with Crippen LogP contribution in [0.3, 0.4) is 0 Å². The lowest BCUT2D eigenvalue weighted by Crippen LogP contribution is -2.48. The Morgan fingerprint density at radius 2 is 1.90 bits per heavy atom. The quantitative estimate of drug-likeness (QED) is 0.913. The number of aliphatic carboxylic acids is 1. The number of rotatable bonds is 2. The van der Waals surface area contributed by atoms with Crippen molar-refractivity contribution >= 4 is 22.6 Å². The van der Waals surface area contributed by atoms with E-state index < -0.39 is 12.1 Å². The molecule has 1 amide bonds. The van der Waals surface area contributed by atoms with Gasteiger partial charge in [-0.25, -0.2) is 4.79 Å². The Hall–Kier alpha value is -2.40. The van der Waals surface area contributed by atoms with Crippen LogP contribution in [0.5, 0.6) is 0 Å². The maximum atomic E-state index is 12.5. The molecular formula is C16H15NO4. The van der Waals surface area contributed by atoms with Crippen LogP contribution in [0.15, 0.2) is 42.5 Å². The van der Waals surface area contributed by atoms with Crippen molar-refractivity contribution in [3.05, 3.63) is 48.0 Å². The third kappa shape index (κ3) is 2.73. The molecular weight excluding hydrogens is 270 g/mol. The largest absolute Gasteiger partial charge is 0.479 e. The molecule has 1 aliphatic heterocycles. The molecule has 2 aromatic rings. The van der Waals surface area contributed by atoms with Gasteiger partial charge in [0, 0.05) is 12.1 Å². The first-order valence-corrected chi connectivity index (χ1v) is 6.77. The van der Waals surface area contributed by atoms with Gasteiger partial charge in [0.05, 0.1) is 13.2 Å². The highest BCUT2D eigenvalue weighted by atomic mass is 16.5. The Labute approximate surface area is 121 Å². The van der Waals surface area contributed by atoms with Crippen LogP contribution < -0.4 is 0 Å². The number of hydrogen-bond acceptors (Lipinski definition) is 3. The molecule has 2 aromatic carbocycles. The van der Waals surface area contributed by atoms with Crippen LogP contribution in [0.4, 0.5) is 0 Å². The third-order valence-corrected chi connectivity index (χ3v) is 3.63. The van der Waals surface area contributed by atoms with E-state index in [-0.39, 0.29) is 19.1 Å². The molecule has 1 unspecified atom stereocenters. The van der Waals surface area contributed by atoms with Gasteiger partial charge < -0.3 is 14.7 Å². The SMILES string of the molecule is O=C(O)C1CN(C(=O)c2ccc3ccccc3c2)CCO1. The van der Waals surface area contributed by atoms with Crippen molar-refractivity contribution in [2.45, 2.75) is 6.10 Å². The highest BCUT2D eigenvalue weighted by molar-refractivity contribution is 5.98. The number of carboxylic acids is 1. The molecule has 1 N–H and O–H groups in total. The maximum absolute atomic E-state index is 12.5. The van der Waals surface area contributed by atoms with E-state index in [4.69, 9.17) is 9.84 Å². The van der Waals surface area contributed by atoms with Gasteiger partial charge in [-0.3, -0.25) is 4.79 Å². The number of carbonyl (C=O) groups excluding carboxylic acids is 1. The zero-order chi connectivity index (χ0) is 14.8. The fourth-order valence-electron chi connectivity index (χ4n) is 2.49. The molecule has 0 saturated carbocycles. The van der Waals surface area contributed by atoms with E-state index in [1.54, 1.807) is 6.07 Å². The average Bonchev–Trinajstić information content (AvgIpc) is 2.53. The van der Waals surface area contributed by atoms with Crippen molar-refractivity contribution in [3.8, 4) is 0 Å². The molecule has 0 bridgehead atoms. The monoisotopic (exact) mass is 285 g/mol. The number of hydrogen-bond donors (Lipinski definition) is 1. The highest BCUT2D eigenvalue weighted by Crippen LogP contribution is 2.18. The van der Waals surface area contributed by atoms with Crippen molar-refractivity contribution in [2.24, 2.45) is 0 Å². The lowest BCUT2D eigenvalue weighted by Gasteiger charge is -2.31. The second kappa shape index (κ2) is 5.54. The minimum atomic E-state index is -1.04. The Kier molecular flexibility index (Phi) is 3.58. The smallest absolute Gasteiger partial charge is 0.334 e. The van der Waals surface area contributed by atoms with Crippen LogP contribution in [0.1, 0.15) is 10.4 Å². The summed E-state index contributed by atoms with van der Waals surface area (Å²) < 4.78 is 5.13. The van der Waals surface area contributed by atoms with Crippen LogP contribution in [-0.4, -0.2) is 47.7 Å². The predicted molar refractivity (Wildman–Crippen MR) is 77.2 cm³/mol. The van der Waals surface area contributed by atoms with Gasteiger partial charge in [0.25, 0.3) is 5.91 Å². The molecule has 1 saturated heterocycles. The minimum absolute atomic E-state index is 0.0843. The lowest BCUT2D eigenvalue weighted by atomic mass is 10.1. The zero-order valence-electron chi connectivity index (χ0n) is 11.4. The van der Waals surface area contributed by atoms with Crippen LogP contribution in [-0.2, 0) is 9.53 Å². The van der Waals surface area contributed by atoms with Crippen molar-refractivity contribution in [1.82, 2.24) is 4.90 Å². The summed E-state index contributed by atoms with van der Waals surface area (Å²) in [6, 6.07) is 13.3. The Balaban J connectivity index is 1.84. The van der Waals surface area contributed by atoms with E-state index in [0.29, 0.717) is 12.1 Å². The van der Waals surface area contributed by atoms with E-state index in [1.807, 2.05) is 36.4 Å². The third-order valence-electron chi connectivity index (χ3n) is 3.63. The molecule has 5 nitrogen and oxygen atoms in total. The molecule has 5 heteroatoms. The Morgan fingerprint density at radius 3 is 2.67 bits per heavy atom. The molecule has 1 heterocycles. The molecule has 0 spiro atoms. The van der Waals surface area contributed by atoms with E-state index in [2.05, 4.69) is 0 Å². The number of carboxylic acid groups (broad SMARTS) is 1. The summed E-state index contributed by atoms with van der Waals surface area (Å²) in [6.07, 6.45) is -0.942. The molecule has 1 atom stereocenters. The number of carbonyl (C=O) groups is 2. The summed E-state index contributed by atoms with van der Waals surface area (Å²) in [5.41, 5.74) is 0.569. The summed E-state index contributed by atoms with van der Waals surface area (Å²) in [4.78, 5) is 25.0. The molecule has 1 fully saturated rings. The summed E-state index contributed by atoms with van der Waals surface area (Å²) in [5, 5.41) is 11.0. The minimum Gasteiger partial charge on any atom is -0.479 e. The number of amides is 1. The van der Waals surface area contributed by atoms with Gasteiger partial charge in [0.2, 0.25) is 0 Å². The fourth-order valence-corrected chi connectivity index (χ4v) is 2.49. The summed E-state index contributed by atoms with van der Waals surface area (Å²) in [7, 11) is 0. The second-order valence-electron chi connectivity index (χ2n) is 5.01. The van der Waals surface area contributed by atoms with Crippen molar-refractivity contribution in [3.63, 3.8) is 0 Å². The molecule has 21 heavy (non-hydrogen) atoms. The number of fused-ring (bicyclic) bond motifs is 1. The van der Waals surface area contributed by atoms with E-state index in [9.17, 15) is 9.59 Å². The first kappa shape index (κ1) is 13.6. The van der Waals surface area contributed by atoms with Gasteiger partial charge in [-0.15, -0.1) is 0 Å². The molecule has 1 aliphatic rings. The number of ether oxygens (including phenoxy) is 1. The van der Waals surface area contributed by atoms with Crippen LogP contribution >= 0.6 is 0 Å². The normalized spacial score (nSPS) is 18.7. The lowest BCUT2D eigenvalue weighted by molar-refractivity contribution is -0.154. The van der Waals surface area contributed by atoms with Gasteiger partial charge in [0.1, 0.15) is 0 Å². The van der Waals surface area contributed by atoms with E-state index >= 15 is 0 Å². The van der Waals surface area contributed by atoms with Gasteiger partial charge in [-0.1, -0.05) is 30.3 Å². The second-order valence-corrected chi connectivity index (χ2v) is 5.01. The van der Waals surface area contributed by atoms with Gasteiger partial charge >= 0.3 is 5.97 Å². The maximum Gasteiger partial charge on any atom is 0.334 e. The first-order chi connectivity index (χ1) is 10.1. The standard InChI is InChI=1S/C16H15NO4/c18-15(17-7-8-21-14(10-17)16(19)20)13-6-5-11-3-1-2-4-12(11)9-13/h1-6,9,14H,7-8,10H2,(H,19,20). The Morgan fingerprint density at radius 1 is 1.14 bits per heavy atom. The molecule has 0 radical (unpaired) electrons. The average molecular weight is 285 g/mol. The molecule has 0 aliphatic carbocycles. The molecule has 0 aromatic heterocycles.